The molecule has 0 aromatic heterocycles. The molecule has 1 aromatic rings. The van der Waals surface area contributed by atoms with Gasteiger partial charge in [-0.05, 0) is 31.2 Å². The van der Waals surface area contributed by atoms with Crippen molar-refractivity contribution in [2.75, 3.05) is 24.5 Å². The van der Waals surface area contributed by atoms with E-state index < -0.39 is 15.6 Å². The number of hydrogen-bond donors (Lipinski definition) is 1. The first-order valence-corrected chi connectivity index (χ1v) is 7.56. The summed E-state index contributed by atoms with van der Waals surface area (Å²) in [7, 11) is -4.50. The highest BCUT2D eigenvalue weighted by Gasteiger charge is 2.26. The molecule has 19 heavy (non-hydrogen) atoms. The number of hydrogen-bond acceptors (Lipinski definition) is 4. The number of halogens is 2. The Bertz CT molecular complexity index is 531. The standard InChI is InChI=1S/C12H16F2N2O2S/c1-9-8-16(7-6-15-9)10-2-4-11(5-3-10)19(17,18)12(13)14/h2-5,9,12,15H,6-8H2,1H3. The monoisotopic (exact) mass is 290 g/mol. The maximum absolute atomic E-state index is 12.4. The Kier molecular flexibility index (Phi) is 4.05. The average molecular weight is 290 g/mol. The highest BCUT2D eigenvalue weighted by Crippen LogP contribution is 2.22. The number of alkyl halides is 2. The first-order chi connectivity index (χ1) is 8.91. The van der Waals surface area contributed by atoms with Crippen molar-refractivity contribution >= 4 is 15.5 Å². The van der Waals surface area contributed by atoms with Gasteiger partial charge in [-0.25, -0.2) is 8.42 Å². The van der Waals surface area contributed by atoms with E-state index in [1.165, 1.54) is 12.1 Å². The Morgan fingerprint density at radius 2 is 1.95 bits per heavy atom. The van der Waals surface area contributed by atoms with Crippen LogP contribution in [-0.4, -0.2) is 39.9 Å². The number of nitrogens with one attached hydrogen (secondary N) is 1. The predicted octanol–water partition coefficient (Wildman–Crippen LogP) is 1.48. The van der Waals surface area contributed by atoms with Gasteiger partial charge in [0.25, 0.3) is 0 Å². The van der Waals surface area contributed by atoms with Crippen molar-refractivity contribution < 1.29 is 17.2 Å². The quantitative estimate of drug-likeness (QED) is 0.916. The molecule has 2 rings (SSSR count). The van der Waals surface area contributed by atoms with Crippen LogP contribution in [0.25, 0.3) is 0 Å². The van der Waals surface area contributed by atoms with Crippen LogP contribution in [-0.2, 0) is 9.84 Å². The molecule has 0 saturated carbocycles. The Morgan fingerprint density at radius 3 is 2.47 bits per heavy atom. The lowest BCUT2D eigenvalue weighted by molar-refractivity contribution is 0.234. The molecule has 1 aliphatic heterocycles. The van der Waals surface area contributed by atoms with Crippen LogP contribution in [0, 0.1) is 0 Å². The molecule has 4 nitrogen and oxygen atoms in total. The first-order valence-electron chi connectivity index (χ1n) is 6.01. The Balaban J connectivity index is 2.19. The maximum atomic E-state index is 12.4. The second kappa shape index (κ2) is 5.42. The van der Waals surface area contributed by atoms with Crippen molar-refractivity contribution in [2.45, 2.75) is 23.6 Å². The third-order valence-corrected chi connectivity index (χ3v) is 4.53. The van der Waals surface area contributed by atoms with Crippen LogP contribution >= 0.6 is 0 Å². The second-order valence-corrected chi connectivity index (χ2v) is 6.52. The molecule has 7 heteroatoms. The highest BCUT2D eigenvalue weighted by molar-refractivity contribution is 7.91. The van der Waals surface area contributed by atoms with Crippen LogP contribution in [0.3, 0.4) is 0 Å². The van der Waals surface area contributed by atoms with Gasteiger partial charge in [-0.3, -0.25) is 0 Å². The largest absolute Gasteiger partial charge is 0.369 e. The van der Waals surface area contributed by atoms with Crippen LogP contribution in [0.2, 0.25) is 0 Å². The zero-order chi connectivity index (χ0) is 14.0. The van der Waals surface area contributed by atoms with Gasteiger partial charge in [0.05, 0.1) is 4.90 Å². The van der Waals surface area contributed by atoms with Crippen molar-refractivity contribution in [3.63, 3.8) is 0 Å². The third kappa shape index (κ3) is 3.03. The zero-order valence-corrected chi connectivity index (χ0v) is 11.3. The number of sulfone groups is 1. The summed E-state index contributed by atoms with van der Waals surface area (Å²) in [6.45, 7) is 4.52. The van der Waals surface area contributed by atoms with E-state index >= 15 is 0 Å². The fraction of sp³-hybridized carbons (Fsp3) is 0.500. The molecular weight excluding hydrogens is 274 g/mol. The van der Waals surface area contributed by atoms with Crippen LogP contribution in [0.15, 0.2) is 29.2 Å². The summed E-state index contributed by atoms with van der Waals surface area (Å²) in [5, 5.41) is 3.30. The molecule has 106 valence electrons. The van der Waals surface area contributed by atoms with Gasteiger partial charge in [0.1, 0.15) is 0 Å². The number of anilines is 1. The van der Waals surface area contributed by atoms with Crippen LogP contribution < -0.4 is 10.2 Å². The SMILES string of the molecule is CC1CN(c2ccc(S(=O)(=O)C(F)F)cc2)CCN1. The molecule has 0 spiro atoms. The Morgan fingerprint density at radius 1 is 1.32 bits per heavy atom. The van der Waals surface area contributed by atoms with Gasteiger partial charge >= 0.3 is 5.76 Å². The van der Waals surface area contributed by atoms with Crippen molar-refractivity contribution in [2.24, 2.45) is 0 Å². The molecular formula is C12H16F2N2O2S. The van der Waals surface area contributed by atoms with Gasteiger partial charge < -0.3 is 10.2 Å². The number of benzene rings is 1. The van der Waals surface area contributed by atoms with Crippen LogP contribution in [0.1, 0.15) is 6.92 Å². The molecule has 1 unspecified atom stereocenters. The normalized spacial score (nSPS) is 20.8. The fourth-order valence-electron chi connectivity index (χ4n) is 2.12. The first kappa shape index (κ1) is 14.2. The highest BCUT2D eigenvalue weighted by atomic mass is 32.2. The minimum absolute atomic E-state index is 0.338. The second-order valence-electron chi connectivity index (χ2n) is 4.60. The molecule has 0 amide bonds. The lowest BCUT2D eigenvalue weighted by atomic mass is 10.2. The number of nitrogens with zero attached hydrogens (tertiary/aromatic N) is 1. The van der Waals surface area contributed by atoms with Crippen molar-refractivity contribution in [1.82, 2.24) is 5.32 Å². The smallest absolute Gasteiger partial charge is 0.341 e. The van der Waals surface area contributed by atoms with Gasteiger partial charge in [-0.2, -0.15) is 8.78 Å². The Hall–Kier alpha value is -1.21. The van der Waals surface area contributed by atoms with E-state index in [0.717, 1.165) is 25.3 Å². The molecule has 1 atom stereocenters. The summed E-state index contributed by atoms with van der Waals surface area (Å²) in [5.74, 6) is -3.38. The average Bonchev–Trinajstić information content (AvgIpc) is 2.38. The van der Waals surface area contributed by atoms with E-state index in [1.54, 1.807) is 12.1 Å². The van der Waals surface area contributed by atoms with Crippen molar-refractivity contribution in [3.8, 4) is 0 Å². The molecule has 1 N–H and O–H groups in total. The molecule has 1 heterocycles. The van der Waals surface area contributed by atoms with E-state index in [9.17, 15) is 17.2 Å². The number of piperazine rings is 1. The summed E-state index contributed by atoms with van der Waals surface area (Å²) in [6, 6.07) is 5.98. The summed E-state index contributed by atoms with van der Waals surface area (Å²) in [6.07, 6.45) is 0. The van der Waals surface area contributed by atoms with Gasteiger partial charge in [0, 0.05) is 31.4 Å². The molecule has 1 saturated heterocycles. The Labute approximate surface area is 111 Å². The van der Waals surface area contributed by atoms with Crippen LogP contribution in [0.4, 0.5) is 14.5 Å². The van der Waals surface area contributed by atoms with Crippen molar-refractivity contribution in [3.05, 3.63) is 24.3 Å². The molecule has 1 aliphatic rings. The van der Waals surface area contributed by atoms with Gasteiger partial charge in [0.2, 0.25) is 9.84 Å². The summed E-state index contributed by atoms with van der Waals surface area (Å²) < 4.78 is 47.4. The molecule has 1 aromatic carbocycles. The van der Waals surface area contributed by atoms with Crippen LogP contribution in [0.5, 0.6) is 0 Å². The molecule has 1 fully saturated rings. The molecule has 0 bridgehead atoms. The predicted molar refractivity (Wildman–Crippen MR) is 69.3 cm³/mol. The molecule has 0 aliphatic carbocycles. The van der Waals surface area contributed by atoms with Gasteiger partial charge in [-0.1, -0.05) is 0 Å². The number of rotatable bonds is 3. The maximum Gasteiger partial charge on any atom is 0.341 e. The summed E-state index contributed by atoms with van der Waals surface area (Å²) in [4.78, 5) is 1.76. The topological polar surface area (TPSA) is 49.4 Å². The van der Waals surface area contributed by atoms with E-state index in [2.05, 4.69) is 17.1 Å². The zero-order valence-electron chi connectivity index (χ0n) is 10.5. The fourth-order valence-corrected chi connectivity index (χ4v) is 2.84. The van der Waals surface area contributed by atoms with Gasteiger partial charge in [-0.15, -0.1) is 0 Å². The van der Waals surface area contributed by atoms with E-state index in [-0.39, 0.29) is 4.90 Å². The van der Waals surface area contributed by atoms with Crippen molar-refractivity contribution in [1.29, 1.82) is 0 Å². The lowest BCUT2D eigenvalue weighted by Crippen LogP contribution is -2.49. The van der Waals surface area contributed by atoms with E-state index in [0.29, 0.717) is 6.04 Å². The summed E-state index contributed by atoms with van der Waals surface area (Å²) in [5.41, 5.74) is 0.849. The lowest BCUT2D eigenvalue weighted by Gasteiger charge is -2.33. The minimum Gasteiger partial charge on any atom is -0.369 e. The third-order valence-electron chi connectivity index (χ3n) is 3.13. The van der Waals surface area contributed by atoms with Gasteiger partial charge in [0.15, 0.2) is 0 Å². The van der Waals surface area contributed by atoms with E-state index in [1.807, 2.05) is 0 Å². The summed E-state index contributed by atoms with van der Waals surface area (Å²) >= 11 is 0. The van der Waals surface area contributed by atoms with E-state index in [4.69, 9.17) is 0 Å². The minimum atomic E-state index is -4.50. The molecule has 0 radical (unpaired) electrons.